The summed E-state index contributed by atoms with van der Waals surface area (Å²) in [6, 6.07) is 6.70. The Morgan fingerprint density at radius 3 is 2.57 bits per heavy atom. The molecule has 4 heteroatoms. The maximum Gasteiger partial charge on any atom is 0.335 e. The van der Waals surface area contributed by atoms with Crippen LogP contribution in [-0.4, -0.2) is 23.8 Å². The van der Waals surface area contributed by atoms with Crippen LogP contribution in [0.2, 0.25) is 0 Å². The highest BCUT2D eigenvalue weighted by atomic mass is 16.7. The average Bonchev–Trinajstić information content (AvgIpc) is 2.49. The van der Waals surface area contributed by atoms with Crippen molar-refractivity contribution in [2.75, 3.05) is 6.61 Å². The number of unbranched alkanes of at least 4 members (excludes halogenated alkanes) is 2. The van der Waals surface area contributed by atoms with Crippen LogP contribution in [-0.2, 0) is 9.47 Å². The van der Waals surface area contributed by atoms with Crippen LogP contribution in [0.15, 0.2) is 24.3 Å². The van der Waals surface area contributed by atoms with Crippen molar-refractivity contribution in [3.8, 4) is 0 Å². The summed E-state index contributed by atoms with van der Waals surface area (Å²) >= 11 is 0. The molecular formula is C17H24O4. The van der Waals surface area contributed by atoms with E-state index in [1.807, 2.05) is 0 Å². The van der Waals surface area contributed by atoms with Gasteiger partial charge in [0.1, 0.15) is 0 Å². The molecule has 0 saturated carbocycles. The van der Waals surface area contributed by atoms with Gasteiger partial charge < -0.3 is 14.6 Å². The largest absolute Gasteiger partial charge is 0.478 e. The molecule has 2 rings (SSSR count). The fourth-order valence-corrected chi connectivity index (χ4v) is 2.62. The summed E-state index contributed by atoms with van der Waals surface area (Å²) < 4.78 is 11.8. The number of carboxylic acids is 1. The van der Waals surface area contributed by atoms with Gasteiger partial charge in [-0.3, -0.25) is 0 Å². The van der Waals surface area contributed by atoms with Gasteiger partial charge >= 0.3 is 5.97 Å². The van der Waals surface area contributed by atoms with Gasteiger partial charge in [-0.15, -0.1) is 0 Å². The summed E-state index contributed by atoms with van der Waals surface area (Å²) in [5.41, 5.74) is 1.15. The Balaban J connectivity index is 1.90. The molecule has 3 atom stereocenters. The van der Waals surface area contributed by atoms with Crippen LogP contribution in [0.25, 0.3) is 0 Å². The Labute approximate surface area is 126 Å². The molecule has 21 heavy (non-hydrogen) atoms. The molecule has 1 aromatic rings. The van der Waals surface area contributed by atoms with Gasteiger partial charge in [-0.05, 0) is 25.5 Å². The van der Waals surface area contributed by atoms with Crippen molar-refractivity contribution in [2.24, 2.45) is 5.92 Å². The maximum atomic E-state index is 10.8. The van der Waals surface area contributed by atoms with E-state index < -0.39 is 5.97 Å². The topological polar surface area (TPSA) is 55.8 Å². The number of hydrogen-bond donors (Lipinski definition) is 1. The predicted molar refractivity (Wildman–Crippen MR) is 80.3 cm³/mol. The fraction of sp³-hybridized carbons (Fsp3) is 0.588. The molecule has 3 unspecified atom stereocenters. The van der Waals surface area contributed by atoms with E-state index in [0.29, 0.717) is 12.5 Å². The van der Waals surface area contributed by atoms with Crippen molar-refractivity contribution < 1.29 is 19.4 Å². The second kappa shape index (κ2) is 7.57. The fourth-order valence-electron chi connectivity index (χ4n) is 2.62. The molecule has 4 nitrogen and oxygen atoms in total. The number of aromatic carboxylic acids is 1. The molecule has 1 aliphatic heterocycles. The highest BCUT2D eigenvalue weighted by Gasteiger charge is 2.29. The van der Waals surface area contributed by atoms with E-state index in [0.717, 1.165) is 12.0 Å². The molecule has 116 valence electrons. The van der Waals surface area contributed by atoms with Gasteiger partial charge in [-0.1, -0.05) is 38.3 Å². The van der Waals surface area contributed by atoms with Crippen molar-refractivity contribution >= 4 is 5.97 Å². The molecule has 0 aliphatic carbocycles. The highest BCUT2D eigenvalue weighted by molar-refractivity contribution is 5.87. The second-order valence-corrected chi connectivity index (χ2v) is 5.69. The first kappa shape index (κ1) is 16.0. The number of hydrogen-bond acceptors (Lipinski definition) is 3. The van der Waals surface area contributed by atoms with Crippen molar-refractivity contribution in [3.05, 3.63) is 35.4 Å². The molecule has 1 fully saturated rings. The van der Waals surface area contributed by atoms with Gasteiger partial charge in [0.05, 0.1) is 18.3 Å². The lowest BCUT2D eigenvalue weighted by Gasteiger charge is -2.35. The molecule has 1 aromatic carbocycles. The summed E-state index contributed by atoms with van der Waals surface area (Å²) in [5, 5.41) is 8.90. The van der Waals surface area contributed by atoms with Crippen molar-refractivity contribution in [1.82, 2.24) is 0 Å². The van der Waals surface area contributed by atoms with E-state index in [-0.39, 0.29) is 18.0 Å². The number of carbonyl (C=O) groups is 1. The zero-order valence-corrected chi connectivity index (χ0v) is 12.7. The van der Waals surface area contributed by atoms with E-state index in [1.54, 1.807) is 24.3 Å². The summed E-state index contributed by atoms with van der Waals surface area (Å²) in [6.07, 6.45) is 4.62. The smallest absolute Gasteiger partial charge is 0.335 e. The zero-order chi connectivity index (χ0) is 15.2. The molecule has 0 spiro atoms. The molecule has 0 amide bonds. The lowest BCUT2D eigenvalue weighted by molar-refractivity contribution is -0.237. The third kappa shape index (κ3) is 4.29. The van der Waals surface area contributed by atoms with Gasteiger partial charge in [0, 0.05) is 11.5 Å². The number of carboxylic acid groups (broad SMARTS) is 1. The first-order chi connectivity index (χ1) is 10.1. The van der Waals surface area contributed by atoms with E-state index in [2.05, 4.69) is 13.8 Å². The van der Waals surface area contributed by atoms with Gasteiger partial charge in [0.2, 0.25) is 0 Å². The van der Waals surface area contributed by atoms with Crippen LogP contribution in [0, 0.1) is 5.92 Å². The average molecular weight is 292 g/mol. The summed E-state index contributed by atoms with van der Waals surface area (Å²) in [6.45, 7) is 5.00. The van der Waals surface area contributed by atoms with E-state index in [4.69, 9.17) is 14.6 Å². The van der Waals surface area contributed by atoms with Crippen molar-refractivity contribution in [3.63, 3.8) is 0 Å². The van der Waals surface area contributed by atoms with Crippen LogP contribution in [0.4, 0.5) is 0 Å². The Kier molecular flexibility index (Phi) is 5.76. The standard InChI is InChI=1S/C17H24O4/c1-3-4-5-6-15-11-20-17(21-12(15)2)14-9-7-13(8-10-14)16(18)19/h7-10,12,15,17H,3-6,11H2,1-2H3,(H,18,19). The monoisotopic (exact) mass is 292 g/mol. The Hall–Kier alpha value is -1.39. The molecule has 0 radical (unpaired) electrons. The number of rotatable bonds is 6. The van der Waals surface area contributed by atoms with Crippen LogP contribution in [0.5, 0.6) is 0 Å². The third-order valence-corrected chi connectivity index (χ3v) is 4.07. The van der Waals surface area contributed by atoms with Crippen LogP contribution in [0.1, 0.15) is 61.7 Å². The molecule has 0 bridgehead atoms. The van der Waals surface area contributed by atoms with Crippen LogP contribution in [0.3, 0.4) is 0 Å². The first-order valence-electron chi connectivity index (χ1n) is 7.72. The SMILES string of the molecule is CCCCCC1COC(c2ccc(C(=O)O)cc2)OC1C. The minimum Gasteiger partial charge on any atom is -0.478 e. The number of ether oxygens (including phenoxy) is 2. The molecular weight excluding hydrogens is 268 g/mol. The highest BCUT2D eigenvalue weighted by Crippen LogP contribution is 2.31. The second-order valence-electron chi connectivity index (χ2n) is 5.69. The maximum absolute atomic E-state index is 10.8. The van der Waals surface area contributed by atoms with Gasteiger partial charge in [-0.25, -0.2) is 4.79 Å². The third-order valence-electron chi connectivity index (χ3n) is 4.07. The van der Waals surface area contributed by atoms with Crippen molar-refractivity contribution in [1.29, 1.82) is 0 Å². The van der Waals surface area contributed by atoms with Crippen LogP contribution < -0.4 is 0 Å². The summed E-state index contributed by atoms with van der Waals surface area (Å²) in [4.78, 5) is 10.8. The minimum absolute atomic E-state index is 0.166. The molecule has 0 aromatic heterocycles. The molecule has 1 heterocycles. The molecule has 1 N–H and O–H groups in total. The molecule has 1 saturated heterocycles. The Bertz CT molecular complexity index is 454. The van der Waals surface area contributed by atoms with Crippen LogP contribution >= 0.6 is 0 Å². The number of benzene rings is 1. The lowest BCUT2D eigenvalue weighted by Crippen LogP contribution is -2.34. The van der Waals surface area contributed by atoms with Gasteiger partial charge in [0.15, 0.2) is 6.29 Å². The van der Waals surface area contributed by atoms with E-state index in [9.17, 15) is 4.79 Å². The van der Waals surface area contributed by atoms with E-state index >= 15 is 0 Å². The lowest BCUT2D eigenvalue weighted by atomic mass is 9.96. The molecule has 1 aliphatic rings. The summed E-state index contributed by atoms with van der Waals surface area (Å²) in [7, 11) is 0. The minimum atomic E-state index is -0.920. The first-order valence-corrected chi connectivity index (χ1v) is 7.72. The quantitative estimate of drug-likeness (QED) is 0.805. The zero-order valence-electron chi connectivity index (χ0n) is 12.7. The normalized spacial score (nSPS) is 25.7. The van der Waals surface area contributed by atoms with Gasteiger partial charge in [0.25, 0.3) is 0 Å². The predicted octanol–water partition coefficient (Wildman–Crippen LogP) is 4.02. The Morgan fingerprint density at radius 1 is 1.29 bits per heavy atom. The van der Waals surface area contributed by atoms with E-state index in [1.165, 1.54) is 19.3 Å². The van der Waals surface area contributed by atoms with Crippen molar-refractivity contribution in [2.45, 2.75) is 51.9 Å². The Morgan fingerprint density at radius 2 is 2.00 bits per heavy atom. The summed E-state index contributed by atoms with van der Waals surface area (Å²) in [5.74, 6) is -0.470. The van der Waals surface area contributed by atoms with Gasteiger partial charge in [-0.2, -0.15) is 0 Å².